The molecule has 56 valence electrons. The second-order valence-electron chi connectivity index (χ2n) is 0.737. The summed E-state index contributed by atoms with van der Waals surface area (Å²) in [4.78, 5) is 29.8. The van der Waals surface area contributed by atoms with Crippen molar-refractivity contribution in [3.05, 3.63) is 15.3 Å². The molecule has 0 fully saturated rings. The van der Waals surface area contributed by atoms with Gasteiger partial charge in [0.05, 0.1) is 5.09 Å². The maximum absolute atomic E-state index is 8.88. The van der Waals surface area contributed by atoms with Crippen LogP contribution < -0.4 is 29.6 Å². The Labute approximate surface area is 77.1 Å². The summed E-state index contributed by atoms with van der Waals surface area (Å²) in [5.41, 5.74) is 0. The molecule has 0 saturated carbocycles. The van der Waals surface area contributed by atoms with Crippen molar-refractivity contribution in [2.24, 2.45) is 0 Å². The molecule has 3 N–H and O–H groups in total. The number of nitrogens with zero attached hydrogens (tertiary/aromatic N) is 1. The second-order valence-corrected chi connectivity index (χ2v) is 1.76. The van der Waals surface area contributed by atoms with Gasteiger partial charge in [-0.1, -0.05) is 0 Å². The summed E-state index contributed by atoms with van der Waals surface area (Å²) in [7, 11) is -4.64. The van der Waals surface area contributed by atoms with E-state index >= 15 is 0 Å². The summed E-state index contributed by atoms with van der Waals surface area (Å²) in [6.45, 7) is 0. The number of hydrogen-bond acceptors (Lipinski definition) is 4. The van der Waals surface area contributed by atoms with Crippen LogP contribution in [-0.2, 0) is 4.57 Å². The zero-order valence-corrected chi connectivity index (χ0v) is 7.76. The smallest absolute Gasteiger partial charge is 0.356 e. The van der Waals surface area contributed by atoms with Crippen LogP contribution in [0.2, 0.25) is 0 Å². The predicted molar refractivity (Wildman–Crippen MR) is 24.6 cm³/mol. The van der Waals surface area contributed by atoms with Gasteiger partial charge in [0.25, 0.3) is 0 Å². The average Bonchev–Trinajstić information content (AvgIpc) is 1.19. The van der Waals surface area contributed by atoms with Crippen molar-refractivity contribution in [2.75, 3.05) is 0 Å². The van der Waals surface area contributed by atoms with Crippen molar-refractivity contribution in [3.8, 4) is 0 Å². The standard InChI is InChI=1S/NO3.Na.H3O4P/c2-1(3)4;;1-5(2,3)4/h;;(H3,1,2,3,4)/q-1;+1;. The Balaban J connectivity index is -0.0000000910. The van der Waals surface area contributed by atoms with Gasteiger partial charge in [-0.3, -0.25) is 0 Å². The van der Waals surface area contributed by atoms with E-state index in [-0.39, 0.29) is 29.6 Å². The molecule has 0 radical (unpaired) electrons. The molecule has 0 spiro atoms. The van der Waals surface area contributed by atoms with Crippen LogP contribution in [0.1, 0.15) is 0 Å². The third-order valence-corrected chi connectivity index (χ3v) is 0. The maximum atomic E-state index is 8.88. The molecule has 0 aliphatic rings. The average molecular weight is 183 g/mol. The van der Waals surface area contributed by atoms with Crippen LogP contribution in [0.5, 0.6) is 0 Å². The second kappa shape index (κ2) is 7.42. The van der Waals surface area contributed by atoms with Crippen LogP contribution in [0.3, 0.4) is 0 Å². The van der Waals surface area contributed by atoms with Gasteiger partial charge in [0, 0.05) is 0 Å². The van der Waals surface area contributed by atoms with Gasteiger partial charge in [-0.15, -0.1) is 0 Å². The Hall–Kier alpha value is 0.310. The summed E-state index contributed by atoms with van der Waals surface area (Å²) in [6, 6.07) is 0. The molecule has 0 aliphatic heterocycles. The van der Waals surface area contributed by atoms with Gasteiger partial charge in [-0.25, -0.2) is 4.57 Å². The van der Waals surface area contributed by atoms with E-state index in [1.807, 2.05) is 0 Å². The monoisotopic (exact) mass is 183 g/mol. The van der Waals surface area contributed by atoms with E-state index in [1.165, 1.54) is 0 Å². The summed E-state index contributed by atoms with van der Waals surface area (Å²) in [6.07, 6.45) is 0. The molecule has 0 aromatic heterocycles. The van der Waals surface area contributed by atoms with Crippen molar-refractivity contribution < 1.29 is 53.9 Å². The van der Waals surface area contributed by atoms with Crippen LogP contribution >= 0.6 is 7.82 Å². The fraction of sp³-hybridized carbons (Fsp3) is 0. The van der Waals surface area contributed by atoms with Crippen LogP contribution in [0, 0.1) is 15.3 Å². The molecule has 0 aromatic carbocycles. The molecule has 0 aliphatic carbocycles. The minimum atomic E-state index is -4.64. The Morgan fingerprint density at radius 2 is 1.20 bits per heavy atom. The fourth-order valence-corrected chi connectivity index (χ4v) is 0. The summed E-state index contributed by atoms with van der Waals surface area (Å²) in [5.74, 6) is 0. The minimum Gasteiger partial charge on any atom is -0.356 e. The van der Waals surface area contributed by atoms with E-state index < -0.39 is 12.9 Å². The molecule has 0 rings (SSSR count). The van der Waals surface area contributed by atoms with Gasteiger partial charge in [-0.05, 0) is 0 Å². The SMILES string of the molecule is O=P(O)(O)O.O=[N+]([O-])[O-].[Na+]. The Kier molecular flexibility index (Phi) is 12.4. The zero-order valence-electron chi connectivity index (χ0n) is 4.87. The van der Waals surface area contributed by atoms with Crippen molar-refractivity contribution in [1.82, 2.24) is 0 Å². The Bertz CT molecular complexity index is 113. The van der Waals surface area contributed by atoms with Gasteiger partial charge in [0.1, 0.15) is 0 Å². The van der Waals surface area contributed by atoms with Crippen LogP contribution in [-0.4, -0.2) is 19.8 Å². The third kappa shape index (κ3) is 4620. The fourth-order valence-electron chi connectivity index (χ4n) is 0. The van der Waals surface area contributed by atoms with Crippen LogP contribution in [0.4, 0.5) is 0 Å². The topological polar surface area (TPSA) is 144 Å². The van der Waals surface area contributed by atoms with Crippen molar-refractivity contribution in [3.63, 3.8) is 0 Å². The van der Waals surface area contributed by atoms with Crippen molar-refractivity contribution >= 4 is 7.82 Å². The third-order valence-electron chi connectivity index (χ3n) is 0. The summed E-state index contributed by atoms with van der Waals surface area (Å²) >= 11 is 0. The van der Waals surface area contributed by atoms with E-state index in [9.17, 15) is 0 Å². The zero-order chi connectivity index (χ0) is 8.08. The van der Waals surface area contributed by atoms with Crippen LogP contribution in [0.25, 0.3) is 0 Å². The Morgan fingerprint density at radius 3 is 1.20 bits per heavy atom. The molecule has 0 amide bonds. The van der Waals surface area contributed by atoms with Gasteiger partial charge in [-0.2, -0.15) is 0 Å². The van der Waals surface area contributed by atoms with E-state index in [4.69, 9.17) is 34.6 Å². The van der Waals surface area contributed by atoms with E-state index in [0.29, 0.717) is 0 Å². The normalized spacial score (nSPS) is 8.30. The quantitative estimate of drug-likeness (QED) is 0.149. The van der Waals surface area contributed by atoms with E-state index in [0.717, 1.165) is 0 Å². The van der Waals surface area contributed by atoms with Crippen LogP contribution in [0.15, 0.2) is 0 Å². The minimum absolute atomic E-state index is 0. The number of hydrogen-bond donors (Lipinski definition) is 3. The van der Waals surface area contributed by atoms with E-state index in [1.54, 1.807) is 0 Å². The first-order valence-electron chi connectivity index (χ1n) is 1.33. The molecule has 0 unspecified atom stereocenters. The molecular formula is H3NNaO7P. The Morgan fingerprint density at radius 1 is 1.20 bits per heavy atom. The molecule has 0 bridgehead atoms. The molecule has 10 heavy (non-hydrogen) atoms. The molecule has 10 heteroatoms. The molecule has 0 atom stereocenters. The van der Waals surface area contributed by atoms with Gasteiger partial charge >= 0.3 is 37.4 Å². The predicted octanol–water partition coefficient (Wildman–Crippen LogP) is -4.16. The first-order chi connectivity index (χ1) is 3.73. The largest absolute Gasteiger partial charge is 1.00 e. The van der Waals surface area contributed by atoms with Crippen molar-refractivity contribution in [2.45, 2.75) is 0 Å². The van der Waals surface area contributed by atoms with Gasteiger partial charge in [0.2, 0.25) is 0 Å². The van der Waals surface area contributed by atoms with Crippen molar-refractivity contribution in [1.29, 1.82) is 0 Å². The molecule has 0 aromatic rings. The van der Waals surface area contributed by atoms with Gasteiger partial charge in [0.15, 0.2) is 0 Å². The molecule has 0 saturated heterocycles. The first kappa shape index (κ1) is 16.7. The van der Waals surface area contributed by atoms with E-state index in [2.05, 4.69) is 0 Å². The van der Waals surface area contributed by atoms with Gasteiger partial charge < -0.3 is 30.0 Å². The maximum Gasteiger partial charge on any atom is 1.00 e. The first-order valence-corrected chi connectivity index (χ1v) is 2.90. The molecular weight excluding hydrogens is 180 g/mol. The number of rotatable bonds is 0. The molecule has 8 nitrogen and oxygen atoms in total. The summed E-state index contributed by atoms with van der Waals surface area (Å²) < 4.78 is 8.88. The molecule has 0 heterocycles. The summed E-state index contributed by atoms with van der Waals surface area (Å²) in [5, 5.41) is 14.8. The number of phosphoric acid groups is 1.